The van der Waals surface area contributed by atoms with Gasteiger partial charge in [-0.25, -0.2) is 0 Å². The highest BCUT2D eigenvalue weighted by Gasteiger charge is 2.28. The SMILES string of the molecule is c1ccc([C@H]2c3cccn3CCN2Cc2ccn[nH]2)cc1. The van der Waals surface area contributed by atoms with E-state index in [-0.39, 0.29) is 0 Å². The topological polar surface area (TPSA) is 36.9 Å². The van der Waals surface area contributed by atoms with Gasteiger partial charge < -0.3 is 4.57 Å². The Hall–Kier alpha value is -2.33. The molecule has 0 unspecified atom stereocenters. The lowest BCUT2D eigenvalue weighted by molar-refractivity contribution is 0.172. The zero-order chi connectivity index (χ0) is 14.1. The summed E-state index contributed by atoms with van der Waals surface area (Å²) in [5, 5.41) is 7.14. The third-order valence-electron chi connectivity index (χ3n) is 4.19. The van der Waals surface area contributed by atoms with E-state index in [0.29, 0.717) is 6.04 Å². The van der Waals surface area contributed by atoms with Gasteiger partial charge in [0.2, 0.25) is 0 Å². The predicted octanol–water partition coefficient (Wildman–Crippen LogP) is 2.82. The van der Waals surface area contributed by atoms with Gasteiger partial charge in [-0.2, -0.15) is 5.10 Å². The summed E-state index contributed by atoms with van der Waals surface area (Å²) in [5.74, 6) is 0. The maximum absolute atomic E-state index is 4.06. The van der Waals surface area contributed by atoms with Crippen LogP contribution in [0.4, 0.5) is 0 Å². The summed E-state index contributed by atoms with van der Waals surface area (Å²) < 4.78 is 2.36. The minimum Gasteiger partial charge on any atom is -0.348 e. The van der Waals surface area contributed by atoms with Gasteiger partial charge in [-0.3, -0.25) is 10.00 Å². The highest BCUT2D eigenvalue weighted by Crippen LogP contribution is 2.33. The second-order valence-electron chi connectivity index (χ2n) is 5.49. The Balaban J connectivity index is 1.73. The fourth-order valence-corrected chi connectivity index (χ4v) is 3.21. The molecule has 0 fully saturated rings. The molecule has 4 nitrogen and oxygen atoms in total. The van der Waals surface area contributed by atoms with E-state index in [1.54, 1.807) is 0 Å². The van der Waals surface area contributed by atoms with Crippen molar-refractivity contribution in [3.63, 3.8) is 0 Å². The third kappa shape index (κ3) is 2.28. The highest BCUT2D eigenvalue weighted by atomic mass is 15.2. The molecular formula is C17H18N4. The summed E-state index contributed by atoms with van der Waals surface area (Å²) >= 11 is 0. The average molecular weight is 278 g/mol. The molecule has 0 saturated carbocycles. The van der Waals surface area contributed by atoms with E-state index in [1.807, 2.05) is 6.20 Å². The largest absolute Gasteiger partial charge is 0.348 e. The lowest BCUT2D eigenvalue weighted by Gasteiger charge is -2.37. The van der Waals surface area contributed by atoms with Crippen molar-refractivity contribution in [3.05, 3.63) is 77.9 Å². The lowest BCUT2D eigenvalue weighted by atomic mass is 10.00. The zero-order valence-electron chi connectivity index (χ0n) is 11.8. The monoisotopic (exact) mass is 278 g/mol. The number of hydrogen-bond acceptors (Lipinski definition) is 2. The van der Waals surface area contributed by atoms with Crippen molar-refractivity contribution < 1.29 is 0 Å². The van der Waals surface area contributed by atoms with Gasteiger partial charge in [0.15, 0.2) is 0 Å². The van der Waals surface area contributed by atoms with E-state index in [2.05, 4.69) is 74.4 Å². The summed E-state index contributed by atoms with van der Waals surface area (Å²) in [6, 6.07) is 17.5. The Labute approximate surface area is 124 Å². The van der Waals surface area contributed by atoms with Crippen molar-refractivity contribution in [2.75, 3.05) is 6.54 Å². The first kappa shape index (κ1) is 12.4. The van der Waals surface area contributed by atoms with Crippen molar-refractivity contribution in [1.82, 2.24) is 19.7 Å². The molecule has 0 aliphatic carbocycles. The first-order valence-electron chi connectivity index (χ1n) is 7.34. The van der Waals surface area contributed by atoms with Gasteiger partial charge >= 0.3 is 0 Å². The van der Waals surface area contributed by atoms with Gasteiger partial charge in [0.05, 0.1) is 6.04 Å². The second-order valence-corrected chi connectivity index (χ2v) is 5.49. The number of rotatable bonds is 3. The lowest BCUT2D eigenvalue weighted by Crippen LogP contribution is -2.38. The Morgan fingerprint density at radius 2 is 1.95 bits per heavy atom. The summed E-state index contributed by atoms with van der Waals surface area (Å²) in [5.41, 5.74) is 3.87. The van der Waals surface area contributed by atoms with Crippen molar-refractivity contribution >= 4 is 0 Å². The molecule has 3 heterocycles. The molecule has 0 saturated heterocycles. The normalized spacial score (nSPS) is 18.6. The van der Waals surface area contributed by atoms with Crippen LogP contribution in [0.1, 0.15) is 23.0 Å². The molecular weight excluding hydrogens is 260 g/mol. The second kappa shape index (κ2) is 5.22. The number of nitrogens with zero attached hydrogens (tertiary/aromatic N) is 3. The summed E-state index contributed by atoms with van der Waals surface area (Å²) in [6.45, 7) is 2.98. The van der Waals surface area contributed by atoms with E-state index >= 15 is 0 Å². The quantitative estimate of drug-likeness (QED) is 0.800. The van der Waals surface area contributed by atoms with Gasteiger partial charge in [-0.1, -0.05) is 30.3 Å². The molecule has 1 aromatic carbocycles. The van der Waals surface area contributed by atoms with Crippen LogP contribution >= 0.6 is 0 Å². The number of H-pyrrole nitrogens is 1. The fraction of sp³-hybridized carbons (Fsp3) is 0.235. The molecule has 2 aromatic heterocycles. The first-order chi connectivity index (χ1) is 10.4. The number of benzene rings is 1. The summed E-state index contributed by atoms with van der Waals surface area (Å²) in [7, 11) is 0. The van der Waals surface area contributed by atoms with Crippen LogP contribution in [-0.2, 0) is 13.1 Å². The Kier molecular flexibility index (Phi) is 3.09. The minimum atomic E-state index is 0.304. The molecule has 4 heteroatoms. The van der Waals surface area contributed by atoms with Gasteiger partial charge in [-0.05, 0) is 23.8 Å². The third-order valence-corrected chi connectivity index (χ3v) is 4.19. The maximum atomic E-state index is 4.06. The molecule has 0 spiro atoms. The van der Waals surface area contributed by atoms with E-state index in [4.69, 9.17) is 0 Å². The van der Waals surface area contributed by atoms with Crippen LogP contribution in [-0.4, -0.2) is 26.2 Å². The molecule has 1 atom stereocenters. The number of hydrogen-bond donors (Lipinski definition) is 1. The van der Waals surface area contributed by atoms with Gasteiger partial charge in [0.1, 0.15) is 0 Å². The molecule has 21 heavy (non-hydrogen) atoms. The van der Waals surface area contributed by atoms with Crippen molar-refractivity contribution in [2.24, 2.45) is 0 Å². The van der Waals surface area contributed by atoms with Crippen LogP contribution in [0.2, 0.25) is 0 Å². The van der Waals surface area contributed by atoms with E-state index in [1.165, 1.54) is 11.3 Å². The maximum Gasteiger partial charge on any atom is 0.0760 e. The van der Waals surface area contributed by atoms with E-state index in [9.17, 15) is 0 Å². The molecule has 0 radical (unpaired) electrons. The van der Waals surface area contributed by atoms with Gasteiger partial charge in [-0.15, -0.1) is 0 Å². The molecule has 0 bridgehead atoms. The Morgan fingerprint density at radius 3 is 2.76 bits per heavy atom. The standard InChI is InChI=1S/C17H18N4/c1-2-5-14(6-3-1)17-16-7-4-10-20(16)11-12-21(17)13-15-8-9-18-19-15/h1-10,17H,11-13H2,(H,18,19)/t17-/m0/s1. The van der Waals surface area contributed by atoms with Gasteiger partial charge in [0.25, 0.3) is 0 Å². The van der Waals surface area contributed by atoms with Crippen molar-refractivity contribution in [1.29, 1.82) is 0 Å². The van der Waals surface area contributed by atoms with Crippen LogP contribution < -0.4 is 0 Å². The van der Waals surface area contributed by atoms with E-state index in [0.717, 1.165) is 25.3 Å². The van der Waals surface area contributed by atoms with E-state index < -0.39 is 0 Å². The molecule has 1 aliphatic heterocycles. The van der Waals surface area contributed by atoms with Crippen molar-refractivity contribution in [3.8, 4) is 0 Å². The number of aromatic nitrogens is 3. The summed E-state index contributed by atoms with van der Waals surface area (Å²) in [6.07, 6.45) is 4.00. The van der Waals surface area contributed by atoms with Crippen LogP contribution in [0.3, 0.4) is 0 Å². The molecule has 106 valence electrons. The minimum absolute atomic E-state index is 0.304. The highest BCUT2D eigenvalue weighted by molar-refractivity contribution is 5.30. The Bertz CT molecular complexity index is 699. The molecule has 4 rings (SSSR count). The van der Waals surface area contributed by atoms with Crippen molar-refractivity contribution in [2.45, 2.75) is 19.1 Å². The number of aromatic amines is 1. The smallest absolute Gasteiger partial charge is 0.0760 e. The fourth-order valence-electron chi connectivity index (χ4n) is 3.21. The Morgan fingerprint density at radius 1 is 1.05 bits per heavy atom. The number of nitrogens with one attached hydrogen (secondary N) is 1. The number of fused-ring (bicyclic) bond motifs is 1. The molecule has 1 N–H and O–H groups in total. The molecule has 3 aromatic rings. The van der Waals surface area contributed by atoms with Crippen LogP contribution in [0.5, 0.6) is 0 Å². The summed E-state index contributed by atoms with van der Waals surface area (Å²) in [4.78, 5) is 2.51. The van der Waals surface area contributed by atoms with Gasteiger partial charge in [0, 0.05) is 43.4 Å². The van der Waals surface area contributed by atoms with Crippen LogP contribution in [0.25, 0.3) is 0 Å². The average Bonchev–Trinajstić information content (AvgIpc) is 3.19. The zero-order valence-corrected chi connectivity index (χ0v) is 11.8. The molecule has 1 aliphatic rings. The van der Waals surface area contributed by atoms with Crippen LogP contribution in [0, 0.1) is 0 Å². The predicted molar refractivity (Wildman–Crippen MR) is 81.7 cm³/mol. The van der Waals surface area contributed by atoms with Crippen LogP contribution in [0.15, 0.2) is 60.9 Å². The molecule has 0 amide bonds. The first-order valence-corrected chi connectivity index (χ1v) is 7.34.